The number of amides is 1. The predicted octanol–water partition coefficient (Wildman–Crippen LogP) is -1.31. The van der Waals surface area contributed by atoms with E-state index < -0.39 is 6.10 Å². The van der Waals surface area contributed by atoms with E-state index in [2.05, 4.69) is 5.32 Å². The van der Waals surface area contributed by atoms with Crippen molar-refractivity contribution in [2.24, 2.45) is 0 Å². The fraction of sp³-hybridized carbons (Fsp3) is 0.800. The number of hydrogen-bond donors (Lipinski definition) is 3. The molecule has 4 nitrogen and oxygen atoms in total. The molecule has 0 aliphatic heterocycles. The van der Waals surface area contributed by atoms with Crippen LogP contribution < -0.4 is 5.32 Å². The number of aliphatic hydroxyl groups is 2. The minimum atomic E-state index is -0.896. The van der Waals surface area contributed by atoms with Gasteiger partial charge in [0.25, 0.3) is 0 Å². The SMILES string of the molecule is O=C(CCl)NC[C@H](O)CO. The van der Waals surface area contributed by atoms with Gasteiger partial charge in [-0.3, -0.25) is 4.79 Å². The second-order valence-corrected chi connectivity index (χ2v) is 2.04. The Kier molecular flexibility index (Phi) is 5.29. The summed E-state index contributed by atoms with van der Waals surface area (Å²) in [5.41, 5.74) is 0. The molecule has 0 saturated carbocycles. The van der Waals surface area contributed by atoms with Crippen LogP contribution in [0.5, 0.6) is 0 Å². The molecule has 60 valence electrons. The Balaban J connectivity index is 3.26. The Morgan fingerprint density at radius 2 is 2.30 bits per heavy atom. The molecule has 5 heteroatoms. The van der Waals surface area contributed by atoms with E-state index in [0.717, 1.165) is 0 Å². The highest BCUT2D eigenvalue weighted by atomic mass is 35.5. The van der Waals surface area contributed by atoms with Crippen LogP contribution in [0.3, 0.4) is 0 Å². The molecule has 0 saturated heterocycles. The molecule has 0 bridgehead atoms. The van der Waals surface area contributed by atoms with Gasteiger partial charge in [-0.1, -0.05) is 0 Å². The van der Waals surface area contributed by atoms with Gasteiger partial charge in [0.1, 0.15) is 5.88 Å². The average molecular weight is 168 g/mol. The van der Waals surface area contributed by atoms with Gasteiger partial charge in [0.05, 0.1) is 12.7 Å². The zero-order chi connectivity index (χ0) is 7.98. The van der Waals surface area contributed by atoms with Crippen LogP contribution in [-0.4, -0.2) is 41.3 Å². The van der Waals surface area contributed by atoms with Crippen LogP contribution in [0.15, 0.2) is 0 Å². The van der Waals surface area contributed by atoms with Crippen LogP contribution in [0.1, 0.15) is 0 Å². The van der Waals surface area contributed by atoms with Crippen molar-refractivity contribution in [3.63, 3.8) is 0 Å². The standard InChI is InChI=1S/C5H10ClNO3/c6-1-5(10)7-2-4(9)3-8/h4,8-9H,1-3H2,(H,7,10)/t4-/m0/s1. The van der Waals surface area contributed by atoms with Gasteiger partial charge < -0.3 is 15.5 Å². The van der Waals surface area contributed by atoms with Crippen LogP contribution in [0, 0.1) is 0 Å². The largest absolute Gasteiger partial charge is 0.394 e. The highest BCUT2D eigenvalue weighted by molar-refractivity contribution is 6.27. The molecule has 1 atom stereocenters. The first-order valence-electron chi connectivity index (χ1n) is 2.82. The van der Waals surface area contributed by atoms with Crippen LogP contribution in [0.2, 0.25) is 0 Å². The van der Waals surface area contributed by atoms with Gasteiger partial charge in [-0.15, -0.1) is 11.6 Å². The first-order valence-corrected chi connectivity index (χ1v) is 3.35. The van der Waals surface area contributed by atoms with E-state index >= 15 is 0 Å². The summed E-state index contributed by atoms with van der Waals surface area (Å²) in [6, 6.07) is 0. The summed E-state index contributed by atoms with van der Waals surface area (Å²) >= 11 is 5.12. The number of nitrogens with one attached hydrogen (secondary N) is 1. The number of carbonyl (C=O) groups is 1. The lowest BCUT2D eigenvalue weighted by Crippen LogP contribution is -2.34. The first kappa shape index (κ1) is 9.68. The van der Waals surface area contributed by atoms with Crippen molar-refractivity contribution in [2.45, 2.75) is 6.10 Å². The average Bonchev–Trinajstić information content (AvgIpc) is 1.99. The molecule has 3 N–H and O–H groups in total. The Morgan fingerprint density at radius 1 is 1.70 bits per heavy atom. The molecule has 0 aromatic rings. The van der Waals surface area contributed by atoms with Gasteiger partial charge in [0, 0.05) is 6.54 Å². The van der Waals surface area contributed by atoms with Crippen molar-refractivity contribution in [2.75, 3.05) is 19.0 Å². The maximum atomic E-state index is 10.4. The summed E-state index contributed by atoms with van der Waals surface area (Å²) in [4.78, 5) is 10.4. The molecule has 0 aliphatic carbocycles. The molecule has 10 heavy (non-hydrogen) atoms. The topological polar surface area (TPSA) is 69.6 Å². The third kappa shape index (κ3) is 4.55. The molecule has 0 aromatic heterocycles. The molecule has 1 amide bonds. The lowest BCUT2D eigenvalue weighted by Gasteiger charge is -2.06. The van der Waals surface area contributed by atoms with Crippen molar-refractivity contribution in [3.05, 3.63) is 0 Å². The third-order valence-corrected chi connectivity index (χ3v) is 1.11. The van der Waals surface area contributed by atoms with Crippen LogP contribution in [0.4, 0.5) is 0 Å². The minimum Gasteiger partial charge on any atom is -0.394 e. The Hall–Kier alpha value is -0.320. The summed E-state index contributed by atoms with van der Waals surface area (Å²) in [5, 5.41) is 19.3. The lowest BCUT2D eigenvalue weighted by atomic mass is 10.4. The molecule has 0 heterocycles. The highest BCUT2D eigenvalue weighted by Gasteiger charge is 2.03. The van der Waals surface area contributed by atoms with Crippen molar-refractivity contribution in [3.8, 4) is 0 Å². The number of halogens is 1. The van der Waals surface area contributed by atoms with Crippen molar-refractivity contribution in [1.29, 1.82) is 0 Å². The lowest BCUT2D eigenvalue weighted by molar-refractivity contribution is -0.119. The van der Waals surface area contributed by atoms with Crippen molar-refractivity contribution >= 4 is 17.5 Å². The van der Waals surface area contributed by atoms with E-state index in [-0.39, 0.29) is 24.9 Å². The fourth-order valence-electron chi connectivity index (χ4n) is 0.343. The van der Waals surface area contributed by atoms with E-state index in [9.17, 15) is 4.79 Å². The van der Waals surface area contributed by atoms with Crippen molar-refractivity contribution < 1.29 is 15.0 Å². The van der Waals surface area contributed by atoms with Gasteiger partial charge in [-0.05, 0) is 0 Å². The number of carbonyl (C=O) groups excluding carboxylic acids is 1. The van der Waals surface area contributed by atoms with E-state index in [4.69, 9.17) is 21.8 Å². The third-order valence-electron chi connectivity index (χ3n) is 0.867. The predicted molar refractivity (Wildman–Crippen MR) is 36.8 cm³/mol. The maximum absolute atomic E-state index is 10.4. The Morgan fingerprint density at radius 3 is 2.70 bits per heavy atom. The monoisotopic (exact) mass is 167 g/mol. The summed E-state index contributed by atoms with van der Waals surface area (Å²) in [7, 11) is 0. The molecule has 0 aromatic carbocycles. The van der Waals surface area contributed by atoms with E-state index in [1.165, 1.54) is 0 Å². The van der Waals surface area contributed by atoms with Gasteiger partial charge >= 0.3 is 0 Å². The van der Waals surface area contributed by atoms with Gasteiger partial charge in [-0.2, -0.15) is 0 Å². The molecule has 0 fully saturated rings. The van der Waals surface area contributed by atoms with Gasteiger partial charge in [-0.25, -0.2) is 0 Å². The van der Waals surface area contributed by atoms with Crippen LogP contribution in [0.25, 0.3) is 0 Å². The quantitative estimate of drug-likeness (QED) is 0.456. The Labute approximate surface area is 63.8 Å². The summed E-state index contributed by atoms with van der Waals surface area (Å²) in [6.07, 6.45) is -0.896. The minimum absolute atomic E-state index is 0.0437. The summed E-state index contributed by atoms with van der Waals surface area (Å²) in [5.74, 6) is -0.479. The van der Waals surface area contributed by atoms with E-state index in [1.54, 1.807) is 0 Å². The summed E-state index contributed by atoms with van der Waals surface area (Å²) in [6.45, 7) is -0.315. The van der Waals surface area contributed by atoms with Gasteiger partial charge in [0.15, 0.2) is 0 Å². The molecular formula is C5H10ClNO3. The molecule has 0 rings (SSSR count). The molecular weight excluding hydrogens is 158 g/mol. The fourth-order valence-corrected chi connectivity index (χ4v) is 0.438. The zero-order valence-corrected chi connectivity index (χ0v) is 6.14. The van der Waals surface area contributed by atoms with E-state index in [1.807, 2.05) is 0 Å². The van der Waals surface area contributed by atoms with Crippen LogP contribution >= 0.6 is 11.6 Å². The first-order chi connectivity index (χ1) is 4.70. The molecule has 0 aliphatic rings. The Bertz CT molecular complexity index is 109. The van der Waals surface area contributed by atoms with E-state index in [0.29, 0.717) is 0 Å². The second-order valence-electron chi connectivity index (χ2n) is 1.77. The van der Waals surface area contributed by atoms with Crippen molar-refractivity contribution in [1.82, 2.24) is 5.32 Å². The number of aliphatic hydroxyl groups excluding tert-OH is 2. The normalized spacial score (nSPS) is 12.7. The molecule has 0 radical (unpaired) electrons. The second kappa shape index (κ2) is 5.46. The number of hydrogen-bond acceptors (Lipinski definition) is 3. The van der Waals surface area contributed by atoms with Gasteiger partial charge in [0.2, 0.25) is 5.91 Å². The highest BCUT2D eigenvalue weighted by Crippen LogP contribution is 1.78. The van der Waals surface area contributed by atoms with Crippen LogP contribution in [-0.2, 0) is 4.79 Å². The number of rotatable bonds is 4. The molecule has 0 spiro atoms. The molecule has 0 unspecified atom stereocenters. The number of alkyl halides is 1. The maximum Gasteiger partial charge on any atom is 0.235 e. The zero-order valence-electron chi connectivity index (χ0n) is 5.38. The smallest absolute Gasteiger partial charge is 0.235 e. The summed E-state index contributed by atoms with van der Waals surface area (Å²) < 4.78 is 0.